The van der Waals surface area contributed by atoms with E-state index in [-0.39, 0.29) is 11.7 Å². The Kier molecular flexibility index (Phi) is 4.57. The van der Waals surface area contributed by atoms with E-state index in [4.69, 9.17) is 0 Å². The second-order valence-corrected chi connectivity index (χ2v) is 5.76. The average Bonchev–Trinajstić information content (AvgIpc) is 2.54. The molecule has 0 bridgehead atoms. The number of ether oxygens (including phenoxy) is 1. The van der Waals surface area contributed by atoms with Crippen LogP contribution in [0, 0.1) is 12.8 Å². The lowest BCUT2D eigenvalue weighted by Gasteiger charge is -2.20. The van der Waals surface area contributed by atoms with E-state index in [0.717, 1.165) is 5.71 Å². The predicted octanol–water partition coefficient (Wildman–Crippen LogP) is 4.55. The molecule has 4 nitrogen and oxygen atoms in total. The number of benzene rings is 1. The van der Waals surface area contributed by atoms with Gasteiger partial charge < -0.3 is 4.74 Å². The van der Waals surface area contributed by atoms with Crippen molar-refractivity contribution in [2.45, 2.75) is 26.6 Å². The molecule has 1 aromatic heterocycles. The minimum Gasteiger partial charge on any atom is -0.405 e. The number of para-hydroxylation sites is 1. The fourth-order valence-corrected chi connectivity index (χ4v) is 2.66. The molecule has 1 unspecified atom stereocenters. The Hall–Kier alpha value is -2.70. The summed E-state index contributed by atoms with van der Waals surface area (Å²) in [7, 11) is 0. The molecule has 1 atom stereocenters. The number of aromatic nitrogens is 2. The predicted molar refractivity (Wildman–Crippen MR) is 88.2 cm³/mol. The Morgan fingerprint density at radius 3 is 2.64 bits per heavy atom. The zero-order valence-electron chi connectivity index (χ0n) is 13.7. The molecule has 25 heavy (non-hydrogen) atoms. The topological polar surface area (TPSA) is 47.4 Å². The lowest BCUT2D eigenvalue weighted by Crippen LogP contribution is -2.19. The van der Waals surface area contributed by atoms with Crippen LogP contribution in [0.2, 0.25) is 0 Å². The molecule has 0 fully saturated rings. The molecule has 2 aromatic rings. The third kappa shape index (κ3) is 4.04. The summed E-state index contributed by atoms with van der Waals surface area (Å²) in [6, 6.07) is 7.75. The molecule has 130 valence electrons. The molecular formula is C18H16F3N3O. The molecule has 1 aliphatic heterocycles. The Morgan fingerprint density at radius 1 is 1.16 bits per heavy atom. The van der Waals surface area contributed by atoms with Gasteiger partial charge in [0.15, 0.2) is 0 Å². The number of nitrogens with zero attached hydrogens (tertiary/aromatic N) is 3. The van der Waals surface area contributed by atoms with Crippen molar-refractivity contribution >= 4 is 11.4 Å². The summed E-state index contributed by atoms with van der Waals surface area (Å²) in [6.45, 7) is 3.78. The molecule has 7 heteroatoms. The molecule has 0 radical (unpaired) electrons. The van der Waals surface area contributed by atoms with E-state index in [2.05, 4.69) is 19.7 Å². The normalized spacial score (nSPS) is 17.7. The van der Waals surface area contributed by atoms with Gasteiger partial charge in [0.2, 0.25) is 0 Å². The molecular weight excluding hydrogens is 331 g/mol. The lowest BCUT2D eigenvalue weighted by atomic mass is 9.94. The van der Waals surface area contributed by atoms with Gasteiger partial charge >= 0.3 is 6.36 Å². The first kappa shape index (κ1) is 17.1. The van der Waals surface area contributed by atoms with E-state index in [1.165, 1.54) is 12.1 Å². The van der Waals surface area contributed by atoms with E-state index in [1.54, 1.807) is 31.3 Å². The van der Waals surface area contributed by atoms with Gasteiger partial charge in [0.05, 0.1) is 17.1 Å². The van der Waals surface area contributed by atoms with Crippen LogP contribution in [0.25, 0.3) is 5.70 Å². The van der Waals surface area contributed by atoms with Gasteiger partial charge in [-0.3, -0.25) is 4.99 Å². The summed E-state index contributed by atoms with van der Waals surface area (Å²) in [5.41, 5.74) is 2.16. The lowest BCUT2D eigenvalue weighted by molar-refractivity contribution is -0.274. The van der Waals surface area contributed by atoms with Crippen molar-refractivity contribution in [3.05, 3.63) is 59.7 Å². The minimum atomic E-state index is -4.76. The first-order valence-electron chi connectivity index (χ1n) is 7.77. The number of hydrogen-bond acceptors (Lipinski definition) is 4. The van der Waals surface area contributed by atoms with Crippen molar-refractivity contribution in [3.8, 4) is 5.75 Å². The van der Waals surface area contributed by atoms with E-state index in [9.17, 15) is 13.2 Å². The van der Waals surface area contributed by atoms with Crippen LogP contribution in [0.1, 0.15) is 30.4 Å². The minimum absolute atomic E-state index is 0.105. The van der Waals surface area contributed by atoms with Crippen LogP contribution in [0.4, 0.5) is 13.2 Å². The van der Waals surface area contributed by atoms with Crippen molar-refractivity contribution in [2.75, 3.05) is 0 Å². The van der Waals surface area contributed by atoms with E-state index in [0.29, 0.717) is 29.2 Å². The molecule has 0 aliphatic carbocycles. The fourth-order valence-electron chi connectivity index (χ4n) is 2.66. The van der Waals surface area contributed by atoms with Gasteiger partial charge in [-0.1, -0.05) is 25.1 Å². The number of aryl methyl sites for hydroxylation is 1. The monoisotopic (exact) mass is 347 g/mol. The van der Waals surface area contributed by atoms with Gasteiger partial charge in [0.1, 0.15) is 11.6 Å². The summed E-state index contributed by atoms with van der Waals surface area (Å²) < 4.78 is 42.1. The molecule has 1 aromatic carbocycles. The summed E-state index contributed by atoms with van der Waals surface area (Å²) in [5, 5.41) is 0. The molecule has 1 aliphatic rings. The van der Waals surface area contributed by atoms with Crippen molar-refractivity contribution in [2.24, 2.45) is 10.9 Å². The zero-order chi connectivity index (χ0) is 18.0. The second kappa shape index (κ2) is 6.66. The number of alkyl halides is 3. The smallest absolute Gasteiger partial charge is 0.405 e. The number of aliphatic imine (C=N–C) groups is 1. The third-order valence-electron chi connectivity index (χ3n) is 3.80. The maximum atomic E-state index is 12.6. The van der Waals surface area contributed by atoms with Gasteiger partial charge in [-0.15, -0.1) is 13.2 Å². The number of halogens is 3. The quantitative estimate of drug-likeness (QED) is 0.818. The zero-order valence-corrected chi connectivity index (χ0v) is 13.7. The van der Waals surface area contributed by atoms with Gasteiger partial charge in [-0.25, -0.2) is 9.97 Å². The Morgan fingerprint density at radius 2 is 1.92 bits per heavy atom. The highest BCUT2D eigenvalue weighted by molar-refractivity contribution is 6.04. The molecule has 0 saturated heterocycles. The average molecular weight is 347 g/mol. The van der Waals surface area contributed by atoms with Crippen LogP contribution in [0.5, 0.6) is 5.75 Å². The van der Waals surface area contributed by atoms with Crippen molar-refractivity contribution in [3.63, 3.8) is 0 Å². The first-order valence-corrected chi connectivity index (χ1v) is 7.77. The van der Waals surface area contributed by atoms with Gasteiger partial charge in [0.25, 0.3) is 0 Å². The fraction of sp³-hybridized carbons (Fsp3) is 0.278. The van der Waals surface area contributed by atoms with Crippen molar-refractivity contribution in [1.29, 1.82) is 0 Å². The third-order valence-corrected chi connectivity index (χ3v) is 3.80. The molecule has 0 saturated carbocycles. The summed E-state index contributed by atoms with van der Waals surface area (Å²) >= 11 is 0. The standard InChI is InChI=1S/C18H16F3N3O/c1-11-7-8-14(24-17(11)15-9-10-22-12(2)23-15)13-5-3-4-6-16(13)25-18(19,20)21/h3-6,8-11H,7H2,1-2H3. The molecule has 0 N–H and O–H groups in total. The van der Waals surface area contributed by atoms with Crippen LogP contribution >= 0.6 is 0 Å². The summed E-state index contributed by atoms with van der Waals surface area (Å²) in [5.74, 6) is 0.454. The van der Waals surface area contributed by atoms with E-state index >= 15 is 0 Å². The maximum absolute atomic E-state index is 12.6. The Bertz CT molecular complexity index is 843. The van der Waals surface area contributed by atoms with Crippen LogP contribution < -0.4 is 4.74 Å². The van der Waals surface area contributed by atoms with E-state index < -0.39 is 6.36 Å². The van der Waals surface area contributed by atoms with Crippen LogP contribution in [0.15, 0.2) is 47.6 Å². The van der Waals surface area contributed by atoms with Crippen LogP contribution in [-0.4, -0.2) is 22.0 Å². The Balaban J connectivity index is 2.01. The van der Waals surface area contributed by atoms with E-state index in [1.807, 2.05) is 13.0 Å². The molecule has 3 rings (SSSR count). The number of rotatable bonds is 3. The molecule has 0 amide bonds. The van der Waals surface area contributed by atoms with Crippen LogP contribution in [0.3, 0.4) is 0 Å². The largest absolute Gasteiger partial charge is 0.573 e. The summed E-state index contributed by atoms with van der Waals surface area (Å²) in [4.78, 5) is 13.0. The molecule has 2 heterocycles. The highest BCUT2D eigenvalue weighted by Gasteiger charge is 2.32. The molecule has 0 spiro atoms. The van der Waals surface area contributed by atoms with Gasteiger partial charge in [-0.2, -0.15) is 0 Å². The van der Waals surface area contributed by atoms with Gasteiger partial charge in [0, 0.05) is 17.7 Å². The highest BCUT2D eigenvalue weighted by Crippen LogP contribution is 2.34. The summed E-state index contributed by atoms with van der Waals surface area (Å²) in [6.07, 6.45) is -0.640. The highest BCUT2D eigenvalue weighted by atomic mass is 19.4. The first-order chi connectivity index (χ1) is 11.8. The van der Waals surface area contributed by atoms with Crippen molar-refractivity contribution in [1.82, 2.24) is 9.97 Å². The number of hydrogen-bond donors (Lipinski definition) is 0. The SMILES string of the molecule is Cc1nccc(C2=NC(c3ccccc3OC(F)(F)F)=CCC2C)n1. The van der Waals surface area contributed by atoms with Crippen LogP contribution in [-0.2, 0) is 0 Å². The maximum Gasteiger partial charge on any atom is 0.573 e. The van der Waals surface area contributed by atoms with Gasteiger partial charge in [-0.05, 0) is 31.5 Å². The Labute approximate surface area is 143 Å². The number of allylic oxidation sites excluding steroid dienone is 1. The van der Waals surface area contributed by atoms with Crippen molar-refractivity contribution < 1.29 is 17.9 Å². The second-order valence-electron chi connectivity index (χ2n) is 5.76.